The third-order valence-corrected chi connectivity index (χ3v) is 3.56. The van der Waals surface area contributed by atoms with Crippen molar-refractivity contribution in [2.24, 2.45) is 0 Å². The van der Waals surface area contributed by atoms with E-state index in [1.54, 1.807) is 42.5 Å². The van der Waals surface area contributed by atoms with Crippen LogP contribution in [-0.2, 0) is 14.3 Å². The molecule has 0 heterocycles. The van der Waals surface area contributed by atoms with Crippen LogP contribution >= 0.6 is 11.6 Å². The molecule has 6 nitrogen and oxygen atoms in total. The summed E-state index contributed by atoms with van der Waals surface area (Å²) >= 11 is 5.87. The predicted octanol–water partition coefficient (Wildman–Crippen LogP) is 3.61. The molecule has 0 spiro atoms. The Morgan fingerprint density at radius 2 is 1.73 bits per heavy atom. The number of carbonyl (C=O) groups is 2. The highest BCUT2D eigenvalue weighted by Gasteiger charge is 2.11. The highest BCUT2D eigenvalue weighted by molar-refractivity contribution is 6.30. The maximum Gasteiger partial charge on any atom is 0.344 e. The highest BCUT2D eigenvalue weighted by Crippen LogP contribution is 2.26. The molecule has 7 heteroatoms. The topological polar surface area (TPSA) is 73.9 Å². The van der Waals surface area contributed by atoms with Crippen LogP contribution in [0.2, 0.25) is 5.02 Å². The minimum absolute atomic E-state index is 0.322. The molecule has 2 aromatic carbocycles. The fraction of sp³-hybridized carbons (Fsp3) is 0.263. The fourth-order valence-electron chi connectivity index (χ4n) is 2.12. The molecule has 1 amide bonds. The van der Waals surface area contributed by atoms with Crippen LogP contribution in [0.25, 0.3) is 0 Å². The van der Waals surface area contributed by atoms with Gasteiger partial charge in [-0.2, -0.15) is 0 Å². The minimum Gasteiger partial charge on any atom is -0.490 e. The van der Waals surface area contributed by atoms with Crippen molar-refractivity contribution in [3.63, 3.8) is 0 Å². The number of rotatable bonds is 8. The lowest BCUT2D eigenvalue weighted by molar-refractivity contribution is -0.149. The molecule has 0 bridgehead atoms. The van der Waals surface area contributed by atoms with Crippen molar-refractivity contribution < 1.29 is 23.8 Å². The first kappa shape index (κ1) is 19.6. The second kappa shape index (κ2) is 9.68. The molecule has 0 aliphatic heterocycles. The van der Waals surface area contributed by atoms with Gasteiger partial charge >= 0.3 is 5.97 Å². The number of hydrogen-bond acceptors (Lipinski definition) is 5. The van der Waals surface area contributed by atoms with Crippen molar-refractivity contribution in [1.29, 1.82) is 0 Å². The van der Waals surface area contributed by atoms with Gasteiger partial charge in [0.15, 0.2) is 24.7 Å². The van der Waals surface area contributed by atoms with Gasteiger partial charge in [0.2, 0.25) is 0 Å². The molecule has 0 unspecified atom stereocenters. The molecule has 2 rings (SSSR count). The second-order valence-electron chi connectivity index (χ2n) is 5.34. The SMILES string of the molecule is CCOc1ccccc1OCC(=O)OCC(=O)Nc1ccc(Cl)cc1C. The summed E-state index contributed by atoms with van der Waals surface area (Å²) < 4.78 is 15.7. The lowest BCUT2D eigenvalue weighted by atomic mass is 10.2. The van der Waals surface area contributed by atoms with E-state index in [2.05, 4.69) is 5.32 Å². The van der Waals surface area contributed by atoms with Crippen LogP contribution in [0.3, 0.4) is 0 Å². The second-order valence-corrected chi connectivity index (χ2v) is 5.77. The normalized spacial score (nSPS) is 10.1. The van der Waals surface area contributed by atoms with Gasteiger partial charge in [-0.05, 0) is 49.7 Å². The third kappa shape index (κ3) is 5.97. The molecule has 0 aromatic heterocycles. The van der Waals surface area contributed by atoms with E-state index in [1.165, 1.54) is 0 Å². The van der Waals surface area contributed by atoms with Gasteiger partial charge in [0, 0.05) is 10.7 Å². The van der Waals surface area contributed by atoms with E-state index in [9.17, 15) is 9.59 Å². The molecule has 0 saturated carbocycles. The fourth-order valence-corrected chi connectivity index (χ4v) is 2.35. The summed E-state index contributed by atoms with van der Waals surface area (Å²) in [5.41, 5.74) is 1.42. The molecular weight excluding hydrogens is 358 g/mol. The van der Waals surface area contributed by atoms with Gasteiger partial charge < -0.3 is 19.5 Å². The van der Waals surface area contributed by atoms with Crippen molar-refractivity contribution in [3.8, 4) is 11.5 Å². The number of para-hydroxylation sites is 2. The number of carbonyl (C=O) groups excluding carboxylic acids is 2. The molecule has 138 valence electrons. The Morgan fingerprint density at radius 1 is 1.04 bits per heavy atom. The van der Waals surface area contributed by atoms with Gasteiger partial charge in [0.1, 0.15) is 0 Å². The van der Waals surface area contributed by atoms with E-state index in [4.69, 9.17) is 25.8 Å². The Bertz CT molecular complexity index is 778. The van der Waals surface area contributed by atoms with E-state index in [0.717, 1.165) is 5.56 Å². The van der Waals surface area contributed by atoms with Crippen molar-refractivity contribution in [1.82, 2.24) is 0 Å². The lowest BCUT2D eigenvalue weighted by Crippen LogP contribution is -2.24. The minimum atomic E-state index is -0.653. The number of benzene rings is 2. The molecule has 0 atom stereocenters. The van der Waals surface area contributed by atoms with Gasteiger partial charge in [-0.3, -0.25) is 4.79 Å². The number of aryl methyl sites for hydroxylation is 1. The summed E-state index contributed by atoms with van der Waals surface area (Å²) in [5.74, 6) is -0.121. The Labute approximate surface area is 157 Å². The number of nitrogens with one attached hydrogen (secondary N) is 1. The van der Waals surface area contributed by atoms with E-state index in [1.807, 2.05) is 13.8 Å². The van der Waals surface area contributed by atoms with Crippen LogP contribution in [0.5, 0.6) is 11.5 Å². The monoisotopic (exact) mass is 377 g/mol. The zero-order valence-corrected chi connectivity index (χ0v) is 15.3. The number of esters is 1. The van der Waals surface area contributed by atoms with Crippen LogP contribution < -0.4 is 14.8 Å². The first-order chi connectivity index (χ1) is 12.5. The summed E-state index contributed by atoms with van der Waals surface area (Å²) in [6.07, 6.45) is 0. The van der Waals surface area contributed by atoms with E-state index < -0.39 is 18.5 Å². The van der Waals surface area contributed by atoms with Crippen LogP contribution in [0.4, 0.5) is 5.69 Å². The number of anilines is 1. The summed E-state index contributed by atoms with van der Waals surface area (Å²) in [6, 6.07) is 12.1. The largest absolute Gasteiger partial charge is 0.490 e. The molecule has 0 radical (unpaired) electrons. The molecule has 26 heavy (non-hydrogen) atoms. The molecule has 0 fully saturated rings. The number of ether oxygens (including phenoxy) is 3. The summed E-state index contributed by atoms with van der Waals surface area (Å²) in [4.78, 5) is 23.7. The number of amides is 1. The van der Waals surface area contributed by atoms with Gasteiger partial charge in [-0.1, -0.05) is 23.7 Å². The Kier molecular flexibility index (Phi) is 7.29. The van der Waals surface area contributed by atoms with Crippen molar-refractivity contribution >= 4 is 29.2 Å². The number of halogens is 1. The van der Waals surface area contributed by atoms with Crippen LogP contribution in [-0.4, -0.2) is 31.7 Å². The summed E-state index contributed by atoms with van der Waals surface area (Å²) in [6.45, 7) is 3.42. The average Bonchev–Trinajstić information content (AvgIpc) is 2.62. The zero-order chi connectivity index (χ0) is 18.9. The van der Waals surface area contributed by atoms with Crippen molar-refractivity contribution in [2.75, 3.05) is 25.1 Å². The third-order valence-electron chi connectivity index (χ3n) is 3.32. The lowest BCUT2D eigenvalue weighted by Gasteiger charge is -2.12. The van der Waals surface area contributed by atoms with Gasteiger partial charge in [-0.25, -0.2) is 4.79 Å². The molecule has 2 aromatic rings. The summed E-state index contributed by atoms with van der Waals surface area (Å²) in [5, 5.41) is 3.24. The van der Waals surface area contributed by atoms with Crippen LogP contribution in [0.1, 0.15) is 12.5 Å². The van der Waals surface area contributed by atoms with E-state index >= 15 is 0 Å². The first-order valence-corrected chi connectivity index (χ1v) is 8.43. The molecule has 0 aliphatic carbocycles. The zero-order valence-electron chi connectivity index (χ0n) is 14.6. The van der Waals surface area contributed by atoms with Gasteiger partial charge in [-0.15, -0.1) is 0 Å². The van der Waals surface area contributed by atoms with E-state index in [-0.39, 0.29) is 6.61 Å². The molecule has 0 aliphatic rings. The molecule has 1 N–H and O–H groups in total. The Morgan fingerprint density at radius 3 is 2.38 bits per heavy atom. The van der Waals surface area contributed by atoms with E-state index in [0.29, 0.717) is 28.8 Å². The van der Waals surface area contributed by atoms with Crippen LogP contribution in [0.15, 0.2) is 42.5 Å². The highest BCUT2D eigenvalue weighted by atomic mass is 35.5. The van der Waals surface area contributed by atoms with Crippen LogP contribution in [0, 0.1) is 6.92 Å². The van der Waals surface area contributed by atoms with Crippen molar-refractivity contribution in [3.05, 3.63) is 53.1 Å². The molecular formula is C19H20ClNO5. The quantitative estimate of drug-likeness (QED) is 0.711. The maximum absolute atomic E-state index is 11.9. The maximum atomic E-state index is 11.9. The van der Waals surface area contributed by atoms with Crippen molar-refractivity contribution in [2.45, 2.75) is 13.8 Å². The predicted molar refractivity (Wildman–Crippen MR) is 98.9 cm³/mol. The number of hydrogen-bond donors (Lipinski definition) is 1. The molecule has 0 saturated heterocycles. The van der Waals surface area contributed by atoms with Gasteiger partial charge in [0.05, 0.1) is 6.61 Å². The summed E-state index contributed by atoms with van der Waals surface area (Å²) in [7, 11) is 0. The Balaban J connectivity index is 1.79. The first-order valence-electron chi connectivity index (χ1n) is 8.06. The Hall–Kier alpha value is -2.73. The average molecular weight is 378 g/mol. The smallest absolute Gasteiger partial charge is 0.344 e. The van der Waals surface area contributed by atoms with Gasteiger partial charge in [0.25, 0.3) is 5.91 Å². The standard InChI is InChI=1S/C19H20ClNO5/c1-3-24-16-6-4-5-7-17(16)25-12-19(23)26-11-18(22)21-15-9-8-14(20)10-13(15)2/h4-10H,3,11-12H2,1-2H3,(H,21,22).